The summed E-state index contributed by atoms with van der Waals surface area (Å²) in [5.74, 6) is 0.826. The van der Waals surface area contributed by atoms with Gasteiger partial charge in [0.2, 0.25) is 0 Å². The first-order valence-corrected chi connectivity index (χ1v) is 7.57. The van der Waals surface area contributed by atoms with Crippen LogP contribution in [0.5, 0.6) is 5.75 Å². The summed E-state index contributed by atoms with van der Waals surface area (Å²) in [4.78, 5) is 0. The standard InChI is InChI=1S/C15H15Br2NO/c1-10(18)14-7-6-13(17)8-15(14)19-9-11-2-4-12(16)5-3-11/h2-8,10H,9,18H2,1H3/t10-/m1/s1. The van der Waals surface area contributed by atoms with Crippen LogP contribution in [0.15, 0.2) is 51.4 Å². The highest BCUT2D eigenvalue weighted by molar-refractivity contribution is 9.10. The third-order valence-electron chi connectivity index (χ3n) is 2.77. The molecule has 0 bridgehead atoms. The number of hydrogen-bond acceptors (Lipinski definition) is 2. The molecule has 0 saturated heterocycles. The Morgan fingerprint density at radius 1 is 1.05 bits per heavy atom. The lowest BCUT2D eigenvalue weighted by molar-refractivity contribution is 0.301. The number of halogens is 2. The lowest BCUT2D eigenvalue weighted by Crippen LogP contribution is -2.08. The van der Waals surface area contributed by atoms with E-state index in [1.165, 1.54) is 0 Å². The molecule has 2 aromatic carbocycles. The van der Waals surface area contributed by atoms with Gasteiger partial charge in [0.15, 0.2) is 0 Å². The third-order valence-corrected chi connectivity index (χ3v) is 3.80. The second-order valence-corrected chi connectivity index (χ2v) is 6.22. The SMILES string of the molecule is C[C@@H](N)c1ccc(Br)cc1OCc1ccc(Br)cc1. The average Bonchev–Trinajstić information content (AvgIpc) is 2.38. The minimum absolute atomic E-state index is 0.0481. The van der Waals surface area contributed by atoms with Gasteiger partial charge in [-0.25, -0.2) is 0 Å². The highest BCUT2D eigenvalue weighted by atomic mass is 79.9. The van der Waals surface area contributed by atoms with Crippen molar-refractivity contribution in [1.29, 1.82) is 0 Å². The van der Waals surface area contributed by atoms with Crippen molar-refractivity contribution in [1.82, 2.24) is 0 Å². The zero-order chi connectivity index (χ0) is 13.8. The maximum atomic E-state index is 5.95. The summed E-state index contributed by atoms with van der Waals surface area (Å²) in [6, 6.07) is 14.0. The quantitative estimate of drug-likeness (QED) is 0.820. The van der Waals surface area contributed by atoms with E-state index in [2.05, 4.69) is 31.9 Å². The minimum Gasteiger partial charge on any atom is -0.489 e. The zero-order valence-corrected chi connectivity index (χ0v) is 13.7. The predicted octanol–water partition coefficient (Wildman–Crippen LogP) is 4.81. The molecule has 2 rings (SSSR count). The van der Waals surface area contributed by atoms with Crippen molar-refractivity contribution in [3.05, 3.63) is 62.5 Å². The second-order valence-electron chi connectivity index (χ2n) is 4.39. The molecule has 0 unspecified atom stereocenters. The van der Waals surface area contributed by atoms with E-state index in [1.807, 2.05) is 49.4 Å². The highest BCUT2D eigenvalue weighted by Gasteiger charge is 2.09. The minimum atomic E-state index is -0.0481. The van der Waals surface area contributed by atoms with Gasteiger partial charge in [-0.05, 0) is 36.8 Å². The molecule has 2 aromatic rings. The Balaban J connectivity index is 2.14. The summed E-state index contributed by atoms with van der Waals surface area (Å²) in [6.07, 6.45) is 0. The van der Waals surface area contributed by atoms with Gasteiger partial charge in [-0.15, -0.1) is 0 Å². The Bertz CT molecular complexity index is 553. The van der Waals surface area contributed by atoms with Gasteiger partial charge in [-0.3, -0.25) is 0 Å². The molecule has 0 fully saturated rings. The molecule has 0 spiro atoms. The number of nitrogens with two attached hydrogens (primary N) is 1. The molecule has 0 amide bonds. The molecular formula is C15H15Br2NO. The van der Waals surface area contributed by atoms with Crippen molar-refractivity contribution < 1.29 is 4.74 Å². The Morgan fingerprint density at radius 3 is 2.32 bits per heavy atom. The fraction of sp³-hybridized carbons (Fsp3) is 0.200. The van der Waals surface area contributed by atoms with E-state index < -0.39 is 0 Å². The average molecular weight is 385 g/mol. The van der Waals surface area contributed by atoms with Crippen LogP contribution in [0.3, 0.4) is 0 Å². The Hall–Kier alpha value is -0.840. The molecule has 0 saturated carbocycles. The first kappa shape index (κ1) is 14.6. The molecule has 19 heavy (non-hydrogen) atoms. The molecule has 100 valence electrons. The van der Waals surface area contributed by atoms with Crippen molar-refractivity contribution in [3.8, 4) is 5.75 Å². The van der Waals surface area contributed by atoms with Gasteiger partial charge in [0.25, 0.3) is 0 Å². The van der Waals surface area contributed by atoms with Crippen molar-refractivity contribution >= 4 is 31.9 Å². The molecular weight excluding hydrogens is 370 g/mol. The number of hydrogen-bond donors (Lipinski definition) is 1. The van der Waals surface area contributed by atoms with Gasteiger partial charge >= 0.3 is 0 Å². The lowest BCUT2D eigenvalue weighted by Gasteiger charge is -2.14. The van der Waals surface area contributed by atoms with Crippen LogP contribution in [-0.2, 0) is 6.61 Å². The second kappa shape index (κ2) is 6.55. The van der Waals surface area contributed by atoms with Crippen molar-refractivity contribution in [2.45, 2.75) is 19.6 Å². The van der Waals surface area contributed by atoms with Crippen LogP contribution in [0, 0.1) is 0 Å². The summed E-state index contributed by atoms with van der Waals surface area (Å²) < 4.78 is 7.93. The molecule has 4 heteroatoms. The van der Waals surface area contributed by atoms with E-state index in [0.717, 1.165) is 25.8 Å². The van der Waals surface area contributed by atoms with Gasteiger partial charge < -0.3 is 10.5 Å². The largest absolute Gasteiger partial charge is 0.489 e. The zero-order valence-electron chi connectivity index (χ0n) is 10.6. The monoisotopic (exact) mass is 383 g/mol. The topological polar surface area (TPSA) is 35.2 Å². The molecule has 2 N–H and O–H groups in total. The van der Waals surface area contributed by atoms with E-state index in [4.69, 9.17) is 10.5 Å². The summed E-state index contributed by atoms with van der Waals surface area (Å²) in [6.45, 7) is 2.49. The highest BCUT2D eigenvalue weighted by Crippen LogP contribution is 2.28. The van der Waals surface area contributed by atoms with E-state index >= 15 is 0 Å². The third kappa shape index (κ3) is 4.06. The van der Waals surface area contributed by atoms with Gasteiger partial charge in [-0.2, -0.15) is 0 Å². The van der Waals surface area contributed by atoms with E-state index in [9.17, 15) is 0 Å². The van der Waals surface area contributed by atoms with Crippen molar-refractivity contribution in [3.63, 3.8) is 0 Å². The molecule has 0 aliphatic carbocycles. The van der Waals surface area contributed by atoms with E-state index in [-0.39, 0.29) is 6.04 Å². The van der Waals surface area contributed by atoms with E-state index in [0.29, 0.717) is 6.61 Å². The molecule has 0 aromatic heterocycles. The molecule has 0 radical (unpaired) electrons. The maximum absolute atomic E-state index is 5.95. The molecule has 2 nitrogen and oxygen atoms in total. The number of benzene rings is 2. The molecule has 0 aliphatic heterocycles. The Morgan fingerprint density at radius 2 is 1.68 bits per heavy atom. The van der Waals surface area contributed by atoms with Gasteiger partial charge in [0, 0.05) is 20.6 Å². The Labute approximate surface area is 130 Å². The number of rotatable bonds is 4. The van der Waals surface area contributed by atoms with Gasteiger partial charge in [-0.1, -0.05) is 50.1 Å². The van der Waals surface area contributed by atoms with Crippen LogP contribution >= 0.6 is 31.9 Å². The first-order valence-electron chi connectivity index (χ1n) is 5.98. The summed E-state index contributed by atoms with van der Waals surface area (Å²) in [7, 11) is 0. The van der Waals surface area contributed by atoms with Crippen LogP contribution in [0.1, 0.15) is 24.1 Å². The molecule has 0 aliphatic rings. The summed E-state index contributed by atoms with van der Waals surface area (Å²) in [5.41, 5.74) is 8.09. The number of ether oxygens (including phenoxy) is 1. The van der Waals surface area contributed by atoms with Gasteiger partial charge in [0.1, 0.15) is 12.4 Å². The van der Waals surface area contributed by atoms with Gasteiger partial charge in [0.05, 0.1) is 0 Å². The smallest absolute Gasteiger partial charge is 0.125 e. The van der Waals surface area contributed by atoms with Crippen molar-refractivity contribution in [2.75, 3.05) is 0 Å². The molecule has 0 heterocycles. The molecule has 1 atom stereocenters. The summed E-state index contributed by atoms with van der Waals surface area (Å²) >= 11 is 6.87. The maximum Gasteiger partial charge on any atom is 0.125 e. The van der Waals surface area contributed by atoms with Crippen LogP contribution in [0.25, 0.3) is 0 Å². The first-order chi connectivity index (χ1) is 9.06. The summed E-state index contributed by atoms with van der Waals surface area (Å²) in [5, 5.41) is 0. The normalized spacial score (nSPS) is 12.2. The van der Waals surface area contributed by atoms with Crippen LogP contribution in [-0.4, -0.2) is 0 Å². The van der Waals surface area contributed by atoms with E-state index in [1.54, 1.807) is 0 Å². The van der Waals surface area contributed by atoms with Crippen LogP contribution < -0.4 is 10.5 Å². The van der Waals surface area contributed by atoms with Crippen molar-refractivity contribution in [2.24, 2.45) is 5.73 Å². The fourth-order valence-electron chi connectivity index (χ4n) is 1.75. The fourth-order valence-corrected chi connectivity index (χ4v) is 2.36. The van der Waals surface area contributed by atoms with Crippen LogP contribution in [0.4, 0.5) is 0 Å². The lowest BCUT2D eigenvalue weighted by atomic mass is 10.1. The predicted molar refractivity (Wildman–Crippen MR) is 85.2 cm³/mol. The van der Waals surface area contributed by atoms with Crippen LogP contribution in [0.2, 0.25) is 0 Å². The Kier molecular flexibility index (Phi) is 5.02.